The highest BCUT2D eigenvalue weighted by Crippen LogP contribution is 2.60. The largest absolute Gasteiger partial charge is 0.386 e. The summed E-state index contributed by atoms with van der Waals surface area (Å²) in [5.41, 5.74) is 4.81. The average molecular weight is 693 g/mol. The predicted molar refractivity (Wildman–Crippen MR) is 155 cm³/mol. The van der Waals surface area contributed by atoms with E-state index >= 15 is 4.39 Å². The van der Waals surface area contributed by atoms with Gasteiger partial charge < -0.3 is 24.8 Å². The van der Waals surface area contributed by atoms with Gasteiger partial charge in [0.25, 0.3) is 11.1 Å². The summed E-state index contributed by atoms with van der Waals surface area (Å²) < 4.78 is 79.6. The molecule has 7 rings (SSSR count). The lowest BCUT2D eigenvalue weighted by molar-refractivity contribution is -0.0560. The molecule has 3 fully saturated rings. The number of hydrogen-bond donors (Lipinski definition) is 5. The third kappa shape index (κ3) is 5.44. The van der Waals surface area contributed by atoms with Crippen LogP contribution in [-0.4, -0.2) is 77.9 Å². The number of H-pyrrole nitrogens is 2. The van der Waals surface area contributed by atoms with Crippen molar-refractivity contribution in [3.63, 3.8) is 0 Å². The zero-order valence-corrected chi connectivity index (χ0v) is 25.6. The van der Waals surface area contributed by atoms with Gasteiger partial charge >= 0.3 is 13.6 Å². The molecular formula is C21H23FN8O10P2S2. The predicted octanol–water partition coefficient (Wildman–Crippen LogP) is 1.86. The number of nitrogen functional groups attached to an aromatic ring is 1. The van der Waals surface area contributed by atoms with Gasteiger partial charge in [-0.2, -0.15) is 4.98 Å². The Morgan fingerprint density at radius 3 is 2.57 bits per heavy atom. The van der Waals surface area contributed by atoms with Crippen LogP contribution in [0.3, 0.4) is 0 Å². The Labute approximate surface area is 255 Å². The number of hydrogen-bond acceptors (Lipinski definition) is 14. The maximum atomic E-state index is 16.0. The van der Waals surface area contributed by atoms with E-state index in [0.717, 1.165) is 6.33 Å². The maximum absolute atomic E-state index is 16.0. The Balaban J connectivity index is 1.19. The molecule has 0 aromatic carbocycles. The van der Waals surface area contributed by atoms with Crippen LogP contribution in [0, 0.1) is 0 Å². The summed E-state index contributed by atoms with van der Waals surface area (Å²) in [6.07, 6.45) is -5.44. The van der Waals surface area contributed by atoms with Gasteiger partial charge in [-0.05, 0) is 6.07 Å². The van der Waals surface area contributed by atoms with Crippen LogP contribution in [-0.2, 0) is 36.7 Å². The molecule has 3 saturated heterocycles. The highest BCUT2D eigenvalue weighted by Gasteiger charge is 2.52. The van der Waals surface area contributed by atoms with Gasteiger partial charge in [0.15, 0.2) is 29.8 Å². The van der Waals surface area contributed by atoms with Crippen molar-refractivity contribution in [2.24, 2.45) is 0 Å². The van der Waals surface area contributed by atoms with E-state index < -0.39 is 74.4 Å². The van der Waals surface area contributed by atoms with Crippen molar-refractivity contribution in [1.82, 2.24) is 34.1 Å². The number of nitrogens with two attached hydrogens (primary N) is 1. The molecule has 3 aliphatic heterocycles. The number of alkyl halides is 1. The van der Waals surface area contributed by atoms with E-state index in [-0.39, 0.29) is 41.2 Å². The van der Waals surface area contributed by atoms with Crippen molar-refractivity contribution in [3.8, 4) is 0 Å². The van der Waals surface area contributed by atoms with Gasteiger partial charge in [0.2, 0.25) is 5.95 Å². The summed E-state index contributed by atoms with van der Waals surface area (Å²) in [6, 6.07) is 1.43. The van der Waals surface area contributed by atoms with Crippen molar-refractivity contribution in [2.45, 2.75) is 49.5 Å². The number of aromatic nitrogens is 7. The Bertz CT molecular complexity index is 1970. The lowest BCUT2D eigenvalue weighted by atomic mass is 10.1. The van der Waals surface area contributed by atoms with E-state index in [0.29, 0.717) is 0 Å². The van der Waals surface area contributed by atoms with E-state index in [4.69, 9.17) is 33.3 Å². The van der Waals surface area contributed by atoms with Crippen LogP contribution in [0.4, 0.5) is 10.3 Å². The molecule has 3 aliphatic rings. The Morgan fingerprint density at radius 2 is 1.75 bits per heavy atom. The Hall–Kier alpha value is -2.58. The van der Waals surface area contributed by atoms with E-state index in [9.17, 15) is 18.7 Å². The number of anilines is 1. The zero-order valence-electron chi connectivity index (χ0n) is 22.0. The molecule has 4 aromatic rings. The highest BCUT2D eigenvalue weighted by atomic mass is 32.7. The summed E-state index contributed by atoms with van der Waals surface area (Å²) in [7, 11) is 0. The average Bonchev–Trinajstić information content (AvgIpc) is 3.72. The molecule has 2 bridgehead atoms. The maximum Gasteiger partial charge on any atom is 0.386 e. The summed E-state index contributed by atoms with van der Waals surface area (Å²) >= 11 is 8.14. The van der Waals surface area contributed by atoms with E-state index in [1.807, 2.05) is 0 Å². The van der Waals surface area contributed by atoms with Crippen molar-refractivity contribution < 1.29 is 41.1 Å². The molecule has 9 atom stereocenters. The minimum absolute atomic E-state index is 0.0225. The molecule has 0 aliphatic carbocycles. The summed E-state index contributed by atoms with van der Waals surface area (Å²) in [6.45, 7) is -9.47. The second-order valence-electron chi connectivity index (χ2n) is 10.1. The lowest BCUT2D eigenvalue weighted by Gasteiger charge is -2.26. The fourth-order valence-electron chi connectivity index (χ4n) is 5.39. The molecule has 23 heteroatoms. The van der Waals surface area contributed by atoms with Gasteiger partial charge in [-0.1, -0.05) is 24.5 Å². The van der Waals surface area contributed by atoms with Crippen molar-refractivity contribution >= 4 is 66.2 Å². The first kappa shape index (κ1) is 30.1. The first-order valence-electron chi connectivity index (χ1n) is 12.9. The third-order valence-electron chi connectivity index (χ3n) is 7.27. The molecule has 236 valence electrons. The van der Waals surface area contributed by atoms with Crippen LogP contribution in [0.5, 0.6) is 0 Å². The Morgan fingerprint density at radius 1 is 0.977 bits per heavy atom. The van der Waals surface area contributed by atoms with Crippen LogP contribution in [0.15, 0.2) is 34.5 Å². The number of halogens is 1. The van der Waals surface area contributed by atoms with Crippen LogP contribution in [0.2, 0.25) is 0 Å². The molecular weight excluding hydrogens is 669 g/mol. The molecule has 0 unspecified atom stereocenters. The van der Waals surface area contributed by atoms with E-state index in [1.54, 1.807) is 0 Å². The summed E-state index contributed by atoms with van der Waals surface area (Å²) in [4.78, 5) is 41.5. The van der Waals surface area contributed by atoms with Gasteiger partial charge in [-0.25, -0.2) is 23.5 Å². The quantitative estimate of drug-likeness (QED) is 0.149. The first-order chi connectivity index (χ1) is 20.9. The van der Waals surface area contributed by atoms with E-state index in [2.05, 4.69) is 49.4 Å². The standard InChI is InChI=1S/C21H23FN8O10P2S2/c22-12-14-11(38-20(12)29-2-1-9-15(29)24-6-25-17(9)31)5-36-41(33,43)39-10-3-8(4-35-42(34,44)40-14)37-19(10)30-7-26-13-16(30)27-21(23)28-18(13)32/h1-2,6-8,10-12,14,19-20H,3-5H2,(H,33,43)(H,34,44)(H,24,25,31)(H3,23,27,28,32)/t8-,10+,11+,12-,14+,19+,20+,41+,42-/m0/s1. The van der Waals surface area contributed by atoms with Crippen molar-refractivity contribution in [1.29, 1.82) is 0 Å². The number of ether oxygens (including phenoxy) is 2. The SMILES string of the molecule is Nc1nc2c(ncn2[C@@H]2O[C@@H]3CO[P@](=O)(S)O[C@H]4[C@H](F)[C@H](n5ccc6c(=O)[nH]cnc65)O[C@@H]4CO[P@@](=O)(S)O[C@@H]2C3)c(=O)[nH]1. The summed E-state index contributed by atoms with van der Waals surface area (Å²) in [5, 5.41) is 0.178. The number of imidazole rings is 1. The fraction of sp³-hybridized carbons (Fsp3) is 0.476. The molecule has 7 heterocycles. The number of rotatable bonds is 2. The molecule has 0 radical (unpaired) electrons. The lowest BCUT2D eigenvalue weighted by Crippen LogP contribution is -2.33. The van der Waals surface area contributed by atoms with Crippen LogP contribution >= 0.6 is 38.1 Å². The second-order valence-corrected chi connectivity index (χ2v) is 15.9. The van der Waals surface area contributed by atoms with Crippen molar-refractivity contribution in [3.05, 3.63) is 45.6 Å². The topological polar surface area (TPSA) is 230 Å². The van der Waals surface area contributed by atoms with Gasteiger partial charge in [0.1, 0.15) is 24.0 Å². The second kappa shape index (κ2) is 11.0. The number of nitrogens with one attached hydrogen (secondary N) is 2. The van der Waals surface area contributed by atoms with Gasteiger partial charge in [-0.3, -0.25) is 37.2 Å². The van der Waals surface area contributed by atoms with Crippen molar-refractivity contribution in [2.75, 3.05) is 18.9 Å². The normalized spacial score (nSPS) is 36.6. The van der Waals surface area contributed by atoms with Crippen LogP contribution < -0.4 is 16.9 Å². The number of nitrogens with zero attached hydrogens (tertiary/aromatic N) is 5. The smallest absolute Gasteiger partial charge is 0.369 e. The van der Waals surface area contributed by atoms with E-state index in [1.165, 1.54) is 27.7 Å². The van der Waals surface area contributed by atoms with Crippen LogP contribution in [0.25, 0.3) is 22.2 Å². The number of fused-ring (bicyclic) bond motifs is 5. The fourth-order valence-corrected chi connectivity index (χ4v) is 8.38. The molecule has 44 heavy (non-hydrogen) atoms. The third-order valence-corrected chi connectivity index (χ3v) is 10.5. The monoisotopic (exact) mass is 692 g/mol. The van der Waals surface area contributed by atoms with Gasteiger partial charge in [-0.15, -0.1) is 0 Å². The molecule has 4 aromatic heterocycles. The zero-order chi connectivity index (χ0) is 31.0. The minimum Gasteiger partial charge on any atom is -0.369 e. The van der Waals surface area contributed by atoms with Gasteiger partial charge in [0, 0.05) is 12.6 Å². The molecule has 0 saturated carbocycles. The number of thiol groups is 2. The number of aromatic amines is 2. The summed E-state index contributed by atoms with van der Waals surface area (Å²) in [5.74, 6) is -0.177. The minimum atomic E-state index is -4.28. The van der Waals surface area contributed by atoms with Gasteiger partial charge in [0.05, 0.1) is 37.4 Å². The first-order valence-corrected chi connectivity index (χ1v) is 18.3. The van der Waals surface area contributed by atoms with Crippen LogP contribution in [0.1, 0.15) is 18.9 Å². The molecule has 18 nitrogen and oxygen atoms in total. The molecule has 4 N–H and O–H groups in total. The Kier molecular flexibility index (Phi) is 7.55. The molecule has 0 spiro atoms. The highest BCUT2D eigenvalue weighted by molar-refractivity contribution is 8.44. The molecule has 0 amide bonds.